The molecule has 4 aromatic rings. The fourth-order valence-corrected chi connectivity index (χ4v) is 6.47. The molecule has 0 spiro atoms. The van der Waals surface area contributed by atoms with Crippen LogP contribution in [0.3, 0.4) is 0 Å². The van der Waals surface area contributed by atoms with Crippen molar-refractivity contribution in [3.8, 4) is 16.3 Å². The summed E-state index contributed by atoms with van der Waals surface area (Å²) in [6.45, 7) is 1.60. The Morgan fingerprint density at radius 3 is 2.44 bits per heavy atom. The van der Waals surface area contributed by atoms with E-state index in [1.807, 2.05) is 0 Å². The Labute approximate surface area is 237 Å². The number of phenolic OH excluding ortho intramolecular Hbond substituents is 1. The molecule has 0 saturated carbocycles. The predicted molar refractivity (Wildman–Crippen MR) is 147 cm³/mol. The van der Waals surface area contributed by atoms with Crippen LogP contribution in [0.2, 0.25) is 0 Å². The van der Waals surface area contributed by atoms with Crippen molar-refractivity contribution in [2.75, 3.05) is 0 Å². The number of fused-ring (bicyclic) bond motifs is 1. The second-order valence-electron chi connectivity index (χ2n) is 9.17. The smallest absolute Gasteiger partial charge is 0.333 e. The van der Waals surface area contributed by atoms with Gasteiger partial charge in [0.1, 0.15) is 21.3 Å². The van der Waals surface area contributed by atoms with Crippen molar-refractivity contribution in [1.29, 1.82) is 0 Å². The van der Waals surface area contributed by atoms with Gasteiger partial charge in [-0.15, -0.1) is 21.5 Å². The zero-order valence-electron chi connectivity index (χ0n) is 21.5. The van der Waals surface area contributed by atoms with Gasteiger partial charge in [0.05, 0.1) is 22.3 Å². The number of aromatic nitrogens is 1. The molecule has 1 aromatic heterocycles. The van der Waals surface area contributed by atoms with Crippen LogP contribution in [0.1, 0.15) is 30.4 Å². The molecule has 2 heterocycles. The molecule has 1 fully saturated rings. The summed E-state index contributed by atoms with van der Waals surface area (Å²) in [5, 5.41) is 19.5. The van der Waals surface area contributed by atoms with Gasteiger partial charge in [-0.2, -0.15) is 13.5 Å². The van der Waals surface area contributed by atoms with Crippen LogP contribution in [0.5, 0.6) is 5.75 Å². The summed E-state index contributed by atoms with van der Waals surface area (Å²) in [4.78, 5) is 44.5. The summed E-state index contributed by atoms with van der Waals surface area (Å²) < 4.78 is 33.8. The summed E-state index contributed by atoms with van der Waals surface area (Å²) in [7, 11) is -4.42. The largest absolute Gasteiger partial charge is 0.506 e. The maximum atomic E-state index is 12.1. The van der Waals surface area contributed by atoms with Crippen LogP contribution in [0, 0.1) is 6.92 Å². The zero-order chi connectivity index (χ0) is 29.3. The molecule has 5 rings (SSSR count). The van der Waals surface area contributed by atoms with Crippen molar-refractivity contribution in [3.63, 3.8) is 0 Å². The van der Waals surface area contributed by atoms with E-state index in [9.17, 15) is 32.5 Å². The minimum atomic E-state index is -4.42. The minimum Gasteiger partial charge on any atom is -0.506 e. The average molecular weight is 595 g/mol. The number of rotatable bonds is 8. The standard InChI is InChI=1S/C27H22N4O8S2/c1-15-2-9-19-25(26(15)41(36,37)38)40-27(28-19)17-5-7-18(8-6-17)29-30-20-14-16(3-10-21(20)32)4-13-24(35)39-31-22(33)11-12-23(31)34/h2-3,5-10,14,32H,4,11-13H2,1H3,(H,36,37,38)/b30-29+. The van der Waals surface area contributed by atoms with Crippen molar-refractivity contribution < 1.29 is 37.3 Å². The van der Waals surface area contributed by atoms with Gasteiger partial charge in [-0.05, 0) is 66.9 Å². The van der Waals surface area contributed by atoms with Gasteiger partial charge in [-0.3, -0.25) is 14.1 Å². The van der Waals surface area contributed by atoms with E-state index in [2.05, 4.69) is 15.2 Å². The Morgan fingerprint density at radius 1 is 1.05 bits per heavy atom. The van der Waals surface area contributed by atoms with Crippen molar-refractivity contribution in [2.24, 2.45) is 10.2 Å². The summed E-state index contributed by atoms with van der Waals surface area (Å²) in [6.07, 6.45) is 0.145. The molecule has 0 aliphatic carbocycles. The van der Waals surface area contributed by atoms with Crippen LogP contribution < -0.4 is 0 Å². The molecule has 0 atom stereocenters. The van der Waals surface area contributed by atoms with E-state index in [4.69, 9.17) is 4.84 Å². The number of aryl methyl sites for hydroxylation is 2. The number of imide groups is 1. The van der Waals surface area contributed by atoms with Gasteiger partial charge in [0.15, 0.2) is 0 Å². The highest BCUT2D eigenvalue weighted by molar-refractivity contribution is 7.86. The second kappa shape index (κ2) is 11.2. The second-order valence-corrected chi connectivity index (χ2v) is 11.5. The van der Waals surface area contributed by atoms with Crippen molar-refractivity contribution in [2.45, 2.75) is 37.5 Å². The number of benzene rings is 3. The molecule has 2 amide bonds. The normalized spacial score (nSPS) is 14.0. The number of aromatic hydroxyl groups is 1. The molecule has 0 bridgehead atoms. The predicted octanol–water partition coefficient (Wildman–Crippen LogP) is 5.18. The number of hydroxylamine groups is 2. The van der Waals surface area contributed by atoms with Crippen LogP contribution >= 0.6 is 11.3 Å². The Hall–Kier alpha value is -4.53. The van der Waals surface area contributed by atoms with E-state index in [1.54, 1.807) is 55.5 Å². The lowest BCUT2D eigenvalue weighted by atomic mass is 10.1. The number of carbonyl (C=O) groups is 3. The lowest BCUT2D eigenvalue weighted by Crippen LogP contribution is -2.32. The first-order valence-corrected chi connectivity index (χ1v) is 14.5. The van der Waals surface area contributed by atoms with Gasteiger partial charge in [0, 0.05) is 18.4 Å². The van der Waals surface area contributed by atoms with Crippen LogP contribution in [0.25, 0.3) is 20.8 Å². The van der Waals surface area contributed by atoms with Gasteiger partial charge in [-0.25, -0.2) is 9.78 Å². The Bertz CT molecular complexity index is 1820. The Balaban J connectivity index is 1.27. The van der Waals surface area contributed by atoms with Gasteiger partial charge >= 0.3 is 5.97 Å². The van der Waals surface area contributed by atoms with Gasteiger partial charge < -0.3 is 9.94 Å². The van der Waals surface area contributed by atoms with Gasteiger partial charge in [0.25, 0.3) is 21.9 Å². The number of azo groups is 1. The first-order valence-electron chi connectivity index (χ1n) is 12.3. The molecule has 1 saturated heterocycles. The molecule has 1 aliphatic heterocycles. The molecule has 41 heavy (non-hydrogen) atoms. The molecule has 12 nitrogen and oxygen atoms in total. The van der Waals surface area contributed by atoms with Crippen LogP contribution in [0.15, 0.2) is 69.7 Å². The summed E-state index contributed by atoms with van der Waals surface area (Å²) in [5.74, 6) is -1.96. The van der Waals surface area contributed by atoms with E-state index in [-0.39, 0.29) is 42.0 Å². The first-order chi connectivity index (χ1) is 19.5. The summed E-state index contributed by atoms with van der Waals surface area (Å²) in [6, 6.07) is 14.7. The molecule has 0 radical (unpaired) electrons. The number of amides is 2. The van der Waals surface area contributed by atoms with Crippen LogP contribution in [-0.4, -0.2) is 45.9 Å². The molecule has 14 heteroatoms. The topological polar surface area (TPSA) is 176 Å². The fraction of sp³-hybridized carbons (Fsp3) is 0.185. The number of hydrogen-bond donors (Lipinski definition) is 2. The van der Waals surface area contributed by atoms with Crippen molar-refractivity contribution in [3.05, 3.63) is 65.7 Å². The van der Waals surface area contributed by atoms with Gasteiger partial charge in [-0.1, -0.05) is 12.1 Å². The highest BCUT2D eigenvalue weighted by Crippen LogP contribution is 2.36. The molecule has 2 N–H and O–H groups in total. The highest BCUT2D eigenvalue weighted by Gasteiger charge is 2.32. The minimum absolute atomic E-state index is 0.0146. The van der Waals surface area contributed by atoms with E-state index in [1.165, 1.54) is 6.07 Å². The Kier molecular flexibility index (Phi) is 7.62. The number of phenols is 1. The summed E-state index contributed by atoms with van der Waals surface area (Å²) in [5.41, 5.74) is 2.88. The third-order valence-corrected chi connectivity index (χ3v) is 8.52. The SMILES string of the molecule is Cc1ccc2nc(-c3ccc(/N=N/c4cc(CCC(=O)ON5C(=O)CCC5=O)ccc4O)cc3)sc2c1S(=O)(=O)O. The first kappa shape index (κ1) is 28.0. The third-order valence-electron chi connectivity index (χ3n) is 6.21. The molecule has 0 unspecified atom stereocenters. The molecule has 210 valence electrons. The molecule has 3 aromatic carbocycles. The van der Waals surface area contributed by atoms with Crippen molar-refractivity contribution >= 4 is 60.8 Å². The Morgan fingerprint density at radius 2 is 1.76 bits per heavy atom. The average Bonchev–Trinajstić information content (AvgIpc) is 3.49. The number of carbonyl (C=O) groups excluding carboxylic acids is 3. The van der Waals surface area contributed by atoms with E-state index < -0.39 is 27.9 Å². The lowest BCUT2D eigenvalue weighted by Gasteiger charge is -2.12. The van der Waals surface area contributed by atoms with E-state index >= 15 is 0 Å². The fourth-order valence-electron chi connectivity index (χ4n) is 4.15. The maximum Gasteiger partial charge on any atom is 0.333 e. The van der Waals surface area contributed by atoms with Gasteiger partial charge in [0.2, 0.25) is 0 Å². The molecular weight excluding hydrogens is 572 g/mol. The van der Waals surface area contributed by atoms with E-state index in [0.29, 0.717) is 42.7 Å². The quantitative estimate of drug-likeness (QED) is 0.158. The number of thiazole rings is 1. The summed E-state index contributed by atoms with van der Waals surface area (Å²) >= 11 is 1.15. The molecule has 1 aliphatic rings. The number of nitrogens with zero attached hydrogens (tertiary/aromatic N) is 4. The van der Waals surface area contributed by atoms with Crippen LogP contribution in [-0.2, 0) is 35.8 Å². The van der Waals surface area contributed by atoms with E-state index in [0.717, 1.165) is 11.3 Å². The molecular formula is C27H22N4O8S2. The monoisotopic (exact) mass is 594 g/mol. The highest BCUT2D eigenvalue weighted by atomic mass is 32.2. The van der Waals surface area contributed by atoms with Crippen molar-refractivity contribution in [1.82, 2.24) is 10.0 Å². The third kappa shape index (κ3) is 6.14. The zero-order valence-corrected chi connectivity index (χ0v) is 23.1. The van der Waals surface area contributed by atoms with Crippen LogP contribution in [0.4, 0.5) is 11.4 Å². The maximum absolute atomic E-state index is 12.1. The number of hydrogen-bond acceptors (Lipinski definition) is 11. The lowest BCUT2D eigenvalue weighted by molar-refractivity contribution is -0.197.